The van der Waals surface area contributed by atoms with Crippen LogP contribution in [0, 0.1) is 11.3 Å². The quantitative estimate of drug-likeness (QED) is 0.856. The molecule has 0 unspecified atom stereocenters. The number of nitrogens with one attached hydrogen (secondary N) is 1. The van der Waals surface area contributed by atoms with Gasteiger partial charge >= 0.3 is 5.69 Å². The van der Waals surface area contributed by atoms with Gasteiger partial charge in [-0.2, -0.15) is 5.26 Å². The van der Waals surface area contributed by atoms with Crippen LogP contribution < -0.4 is 16.6 Å². The number of carbonyl (C=O) groups is 1. The van der Waals surface area contributed by atoms with Crippen LogP contribution in [0.4, 0.5) is 0 Å². The highest BCUT2D eigenvalue weighted by molar-refractivity contribution is 7.09. The summed E-state index contributed by atoms with van der Waals surface area (Å²) in [5.74, 6) is -0.453. The van der Waals surface area contributed by atoms with E-state index in [2.05, 4.69) is 5.32 Å². The molecular weight excluding hydrogens is 304 g/mol. The molecule has 0 fully saturated rings. The Kier molecular flexibility index (Phi) is 4.91. The number of carbonyl (C=O) groups excluding carboxylic acids is 1. The molecule has 0 saturated carbocycles. The first kappa shape index (κ1) is 15.7. The zero-order chi connectivity index (χ0) is 16.1. The highest BCUT2D eigenvalue weighted by atomic mass is 32.1. The van der Waals surface area contributed by atoms with E-state index >= 15 is 0 Å². The molecule has 2 rings (SSSR count). The standard InChI is InChI=1S/C14H14N4O3S/c1-2-17-8-10(6-15)13(20)18(14(17)21)9-12(19)16-7-11-4-3-5-22-11/h3-5,8H,2,7,9H2,1H3,(H,16,19). The van der Waals surface area contributed by atoms with Crippen LogP contribution in [0.3, 0.4) is 0 Å². The highest BCUT2D eigenvalue weighted by Crippen LogP contribution is 2.07. The monoisotopic (exact) mass is 318 g/mol. The lowest BCUT2D eigenvalue weighted by molar-refractivity contribution is -0.121. The Balaban J connectivity index is 2.21. The van der Waals surface area contributed by atoms with E-state index in [1.807, 2.05) is 17.5 Å². The van der Waals surface area contributed by atoms with Gasteiger partial charge in [0, 0.05) is 17.6 Å². The van der Waals surface area contributed by atoms with Crippen molar-refractivity contribution in [3.8, 4) is 6.07 Å². The van der Waals surface area contributed by atoms with Gasteiger partial charge in [-0.1, -0.05) is 6.07 Å². The van der Waals surface area contributed by atoms with E-state index in [0.29, 0.717) is 13.1 Å². The Labute approximate surface area is 130 Å². The molecule has 114 valence electrons. The molecule has 8 heteroatoms. The van der Waals surface area contributed by atoms with Crippen LogP contribution in [-0.2, 0) is 24.4 Å². The Morgan fingerprint density at radius 3 is 2.82 bits per heavy atom. The number of amides is 1. The van der Waals surface area contributed by atoms with Crippen molar-refractivity contribution in [1.29, 1.82) is 5.26 Å². The van der Waals surface area contributed by atoms with Crippen molar-refractivity contribution in [3.63, 3.8) is 0 Å². The zero-order valence-electron chi connectivity index (χ0n) is 11.9. The van der Waals surface area contributed by atoms with Gasteiger partial charge in [-0.15, -0.1) is 11.3 Å². The topological polar surface area (TPSA) is 96.9 Å². The number of thiophene rings is 1. The number of rotatable bonds is 5. The van der Waals surface area contributed by atoms with Gasteiger partial charge in [-0.25, -0.2) is 9.36 Å². The van der Waals surface area contributed by atoms with Gasteiger partial charge in [-0.3, -0.25) is 14.2 Å². The van der Waals surface area contributed by atoms with E-state index in [-0.39, 0.29) is 5.56 Å². The Morgan fingerprint density at radius 1 is 1.45 bits per heavy atom. The minimum atomic E-state index is -0.747. The van der Waals surface area contributed by atoms with E-state index in [9.17, 15) is 14.4 Å². The number of nitriles is 1. The van der Waals surface area contributed by atoms with Gasteiger partial charge in [0.05, 0.1) is 6.54 Å². The maximum Gasteiger partial charge on any atom is 0.331 e. The molecule has 1 amide bonds. The van der Waals surface area contributed by atoms with Crippen molar-refractivity contribution in [1.82, 2.24) is 14.5 Å². The molecule has 0 aliphatic rings. The third kappa shape index (κ3) is 3.32. The molecule has 0 aliphatic carbocycles. The fourth-order valence-corrected chi connectivity index (χ4v) is 2.54. The highest BCUT2D eigenvalue weighted by Gasteiger charge is 2.13. The second-order valence-corrected chi connectivity index (χ2v) is 5.50. The summed E-state index contributed by atoms with van der Waals surface area (Å²) in [6.07, 6.45) is 1.21. The maximum atomic E-state index is 12.1. The molecule has 0 atom stereocenters. The van der Waals surface area contributed by atoms with E-state index < -0.39 is 23.7 Å². The molecule has 7 nitrogen and oxygen atoms in total. The van der Waals surface area contributed by atoms with Crippen LogP contribution in [0.2, 0.25) is 0 Å². The predicted molar refractivity (Wildman–Crippen MR) is 81.5 cm³/mol. The van der Waals surface area contributed by atoms with Crippen LogP contribution in [-0.4, -0.2) is 15.0 Å². The second-order valence-electron chi connectivity index (χ2n) is 4.47. The molecule has 0 saturated heterocycles. The van der Waals surface area contributed by atoms with Gasteiger partial charge in [0.1, 0.15) is 18.2 Å². The van der Waals surface area contributed by atoms with E-state index in [1.165, 1.54) is 22.1 Å². The second kappa shape index (κ2) is 6.87. The van der Waals surface area contributed by atoms with Gasteiger partial charge in [-0.05, 0) is 18.4 Å². The average molecular weight is 318 g/mol. The summed E-state index contributed by atoms with van der Waals surface area (Å²) in [4.78, 5) is 37.0. The Hall–Kier alpha value is -2.66. The van der Waals surface area contributed by atoms with Crippen LogP contribution in [0.5, 0.6) is 0 Å². The van der Waals surface area contributed by atoms with Gasteiger partial charge in [0.2, 0.25) is 5.91 Å². The van der Waals surface area contributed by atoms with Gasteiger partial charge in [0.25, 0.3) is 5.56 Å². The molecule has 0 aliphatic heterocycles. The summed E-state index contributed by atoms with van der Waals surface area (Å²) in [5.41, 5.74) is -1.51. The van der Waals surface area contributed by atoms with Crippen LogP contribution in [0.1, 0.15) is 17.4 Å². The summed E-state index contributed by atoms with van der Waals surface area (Å²) < 4.78 is 2.01. The number of nitrogens with zero attached hydrogens (tertiary/aromatic N) is 3. The SMILES string of the molecule is CCn1cc(C#N)c(=O)n(CC(=O)NCc2cccs2)c1=O. The summed E-state index contributed by atoms with van der Waals surface area (Å²) in [6, 6.07) is 5.48. The average Bonchev–Trinajstić information content (AvgIpc) is 3.03. The molecule has 1 N–H and O–H groups in total. The van der Waals surface area contributed by atoms with E-state index in [4.69, 9.17) is 5.26 Å². The molecule has 0 radical (unpaired) electrons. The van der Waals surface area contributed by atoms with E-state index in [1.54, 1.807) is 13.0 Å². The van der Waals surface area contributed by atoms with Crippen LogP contribution >= 0.6 is 11.3 Å². The smallest absolute Gasteiger partial charge is 0.331 e. The number of hydrogen-bond donors (Lipinski definition) is 1. The molecule has 0 spiro atoms. The third-order valence-corrected chi connectivity index (χ3v) is 3.92. The fourth-order valence-electron chi connectivity index (χ4n) is 1.89. The number of aromatic nitrogens is 2. The Morgan fingerprint density at radius 2 is 2.23 bits per heavy atom. The summed E-state index contributed by atoms with van der Waals surface area (Å²) in [7, 11) is 0. The lowest BCUT2D eigenvalue weighted by atomic mass is 10.3. The minimum Gasteiger partial charge on any atom is -0.350 e. The van der Waals surface area contributed by atoms with Crippen molar-refractivity contribution < 1.29 is 4.79 Å². The van der Waals surface area contributed by atoms with Crippen molar-refractivity contribution in [2.24, 2.45) is 0 Å². The molecule has 2 heterocycles. The molecule has 22 heavy (non-hydrogen) atoms. The molecule has 2 aromatic heterocycles. The fraction of sp³-hybridized carbons (Fsp3) is 0.286. The third-order valence-electron chi connectivity index (χ3n) is 3.04. The first-order valence-electron chi connectivity index (χ1n) is 6.60. The first-order valence-corrected chi connectivity index (χ1v) is 7.48. The summed E-state index contributed by atoms with van der Waals surface area (Å²) >= 11 is 1.50. The Bertz CT molecular complexity index is 827. The normalized spacial score (nSPS) is 10.2. The van der Waals surface area contributed by atoms with Crippen molar-refractivity contribution in [3.05, 3.63) is 55.0 Å². The van der Waals surface area contributed by atoms with Crippen molar-refractivity contribution in [2.45, 2.75) is 26.6 Å². The van der Waals surface area contributed by atoms with Crippen molar-refractivity contribution in [2.75, 3.05) is 0 Å². The summed E-state index contributed by atoms with van der Waals surface area (Å²) in [6.45, 7) is 1.96. The maximum absolute atomic E-state index is 12.1. The van der Waals surface area contributed by atoms with Crippen LogP contribution in [0.25, 0.3) is 0 Å². The van der Waals surface area contributed by atoms with Crippen LogP contribution in [0.15, 0.2) is 33.3 Å². The number of aryl methyl sites for hydroxylation is 1. The van der Waals surface area contributed by atoms with E-state index in [0.717, 1.165) is 9.44 Å². The lowest BCUT2D eigenvalue weighted by Crippen LogP contribution is -2.44. The molecule has 0 bridgehead atoms. The lowest BCUT2D eigenvalue weighted by Gasteiger charge is -2.09. The first-order chi connectivity index (χ1) is 10.6. The molecule has 0 aromatic carbocycles. The molecule has 2 aromatic rings. The zero-order valence-corrected chi connectivity index (χ0v) is 12.7. The van der Waals surface area contributed by atoms with Gasteiger partial charge < -0.3 is 5.32 Å². The van der Waals surface area contributed by atoms with Crippen molar-refractivity contribution >= 4 is 17.2 Å². The summed E-state index contributed by atoms with van der Waals surface area (Å²) in [5, 5.41) is 13.5. The predicted octanol–water partition coefficient (Wildman–Crippen LogP) is 0.279. The minimum absolute atomic E-state index is 0.160. The number of hydrogen-bond acceptors (Lipinski definition) is 5. The largest absolute Gasteiger partial charge is 0.350 e. The van der Waals surface area contributed by atoms with Gasteiger partial charge in [0.15, 0.2) is 0 Å². The molecular formula is C14H14N4O3S.